The fourth-order valence-electron chi connectivity index (χ4n) is 2.36. The summed E-state index contributed by atoms with van der Waals surface area (Å²) >= 11 is 7.11. The number of carbonyl (C=O) groups excluding carboxylic acids is 1. The van der Waals surface area contributed by atoms with E-state index in [2.05, 4.69) is 29.4 Å². The van der Waals surface area contributed by atoms with Crippen LogP contribution in [0.15, 0.2) is 33.9 Å². The molecule has 5 nitrogen and oxygen atoms in total. The maximum Gasteiger partial charge on any atom is 0.277 e. The van der Waals surface area contributed by atoms with Gasteiger partial charge in [-0.2, -0.15) is 0 Å². The smallest absolute Gasteiger partial charge is 0.277 e. The van der Waals surface area contributed by atoms with Gasteiger partial charge in [-0.15, -0.1) is 10.2 Å². The third-order valence-corrected chi connectivity index (χ3v) is 5.03. The first kappa shape index (κ1) is 19.8. The van der Waals surface area contributed by atoms with Gasteiger partial charge in [-0.1, -0.05) is 56.5 Å². The summed E-state index contributed by atoms with van der Waals surface area (Å²) in [6.07, 6.45) is 4.64. The number of amides is 1. The molecular weight excluding hydrogens is 358 g/mol. The Morgan fingerprint density at radius 2 is 2.04 bits per heavy atom. The molecule has 1 amide bonds. The molecule has 0 bridgehead atoms. The van der Waals surface area contributed by atoms with Crippen molar-refractivity contribution in [2.45, 2.75) is 44.8 Å². The molecule has 0 saturated carbocycles. The standard InChI is InChI=1S/C18H24ClN3O2S/c1-3-5-6-13(4-2)11-20-16(23)12-25-18-22-21-17(24-18)14-7-9-15(19)10-8-14/h7-10,13H,3-6,11-12H2,1-2H3,(H,20,23). The van der Waals surface area contributed by atoms with Crippen molar-refractivity contribution in [2.24, 2.45) is 5.92 Å². The van der Waals surface area contributed by atoms with Gasteiger partial charge < -0.3 is 9.73 Å². The minimum absolute atomic E-state index is 0.00816. The zero-order valence-electron chi connectivity index (χ0n) is 14.6. The Balaban J connectivity index is 1.77. The Bertz CT molecular complexity index is 661. The second-order valence-electron chi connectivity index (χ2n) is 5.89. The van der Waals surface area contributed by atoms with Crippen molar-refractivity contribution in [3.05, 3.63) is 29.3 Å². The van der Waals surface area contributed by atoms with Crippen LogP contribution < -0.4 is 5.32 Å². The fraction of sp³-hybridized carbons (Fsp3) is 0.500. The van der Waals surface area contributed by atoms with Crippen molar-refractivity contribution in [2.75, 3.05) is 12.3 Å². The van der Waals surface area contributed by atoms with E-state index in [9.17, 15) is 4.79 Å². The van der Waals surface area contributed by atoms with E-state index >= 15 is 0 Å². The van der Waals surface area contributed by atoms with Crippen molar-refractivity contribution < 1.29 is 9.21 Å². The first-order valence-electron chi connectivity index (χ1n) is 8.61. The average molecular weight is 382 g/mol. The molecule has 2 aromatic rings. The summed E-state index contributed by atoms with van der Waals surface area (Å²) < 4.78 is 5.58. The Morgan fingerprint density at radius 1 is 1.28 bits per heavy atom. The summed E-state index contributed by atoms with van der Waals surface area (Å²) in [7, 11) is 0. The molecule has 1 atom stereocenters. The van der Waals surface area contributed by atoms with Crippen LogP contribution in [0.25, 0.3) is 11.5 Å². The minimum atomic E-state index is -0.00816. The Hall–Kier alpha value is -1.53. The SMILES string of the molecule is CCCCC(CC)CNC(=O)CSc1nnc(-c2ccc(Cl)cc2)o1. The van der Waals surface area contributed by atoms with Gasteiger partial charge in [0, 0.05) is 17.1 Å². The normalized spacial score (nSPS) is 12.1. The molecule has 0 spiro atoms. The van der Waals surface area contributed by atoms with E-state index < -0.39 is 0 Å². The molecule has 1 aromatic carbocycles. The van der Waals surface area contributed by atoms with E-state index in [1.807, 2.05) is 12.1 Å². The van der Waals surface area contributed by atoms with Gasteiger partial charge >= 0.3 is 0 Å². The lowest BCUT2D eigenvalue weighted by Gasteiger charge is -2.14. The lowest BCUT2D eigenvalue weighted by molar-refractivity contribution is -0.118. The largest absolute Gasteiger partial charge is 0.411 e. The molecule has 7 heteroatoms. The molecule has 1 aromatic heterocycles. The van der Waals surface area contributed by atoms with Crippen LogP contribution in [0.1, 0.15) is 39.5 Å². The number of hydrogen-bond donors (Lipinski definition) is 1. The summed E-state index contributed by atoms with van der Waals surface area (Å²) in [5, 5.41) is 12.0. The van der Waals surface area contributed by atoms with Gasteiger partial charge in [0.1, 0.15) is 0 Å². The van der Waals surface area contributed by atoms with Gasteiger partial charge in [0.25, 0.3) is 5.22 Å². The number of carbonyl (C=O) groups is 1. The van der Waals surface area contributed by atoms with Crippen molar-refractivity contribution in [3.8, 4) is 11.5 Å². The van der Waals surface area contributed by atoms with Crippen LogP contribution in [0.4, 0.5) is 0 Å². The van der Waals surface area contributed by atoms with Crippen molar-refractivity contribution >= 4 is 29.3 Å². The second-order valence-corrected chi connectivity index (χ2v) is 7.25. The predicted octanol–water partition coefficient (Wildman–Crippen LogP) is 4.81. The maximum atomic E-state index is 12.0. The number of rotatable bonds is 10. The van der Waals surface area contributed by atoms with E-state index in [1.54, 1.807) is 12.1 Å². The van der Waals surface area contributed by atoms with Crippen molar-refractivity contribution in [3.63, 3.8) is 0 Å². The Kier molecular flexibility index (Phi) is 8.28. The number of hydrogen-bond acceptors (Lipinski definition) is 5. The van der Waals surface area contributed by atoms with E-state index in [0.29, 0.717) is 22.1 Å². The maximum absolute atomic E-state index is 12.0. The summed E-state index contributed by atoms with van der Waals surface area (Å²) in [6.45, 7) is 5.08. The monoisotopic (exact) mass is 381 g/mol. The molecular formula is C18H24ClN3O2S. The highest BCUT2D eigenvalue weighted by atomic mass is 35.5. The number of unbranched alkanes of at least 4 members (excludes halogenated alkanes) is 1. The molecule has 0 aliphatic rings. The van der Waals surface area contributed by atoms with Gasteiger partial charge in [0.2, 0.25) is 11.8 Å². The van der Waals surface area contributed by atoms with Crippen LogP contribution in [-0.2, 0) is 4.79 Å². The van der Waals surface area contributed by atoms with E-state index in [-0.39, 0.29) is 11.7 Å². The van der Waals surface area contributed by atoms with E-state index in [0.717, 1.165) is 24.9 Å². The molecule has 136 valence electrons. The predicted molar refractivity (Wildman–Crippen MR) is 102 cm³/mol. The molecule has 1 unspecified atom stereocenters. The number of aromatic nitrogens is 2. The molecule has 0 radical (unpaired) electrons. The van der Waals surface area contributed by atoms with Crippen LogP contribution in [0, 0.1) is 5.92 Å². The van der Waals surface area contributed by atoms with Gasteiger partial charge in [0.15, 0.2) is 0 Å². The molecule has 0 aliphatic heterocycles. The number of halogens is 1. The van der Waals surface area contributed by atoms with Gasteiger partial charge in [-0.05, 0) is 36.6 Å². The average Bonchev–Trinajstić information content (AvgIpc) is 3.10. The highest BCUT2D eigenvalue weighted by Gasteiger charge is 2.12. The van der Waals surface area contributed by atoms with Crippen LogP contribution in [-0.4, -0.2) is 28.4 Å². The van der Waals surface area contributed by atoms with Crippen LogP contribution >= 0.6 is 23.4 Å². The third-order valence-electron chi connectivity index (χ3n) is 3.96. The minimum Gasteiger partial charge on any atom is -0.411 e. The van der Waals surface area contributed by atoms with E-state index in [1.165, 1.54) is 24.6 Å². The zero-order valence-corrected chi connectivity index (χ0v) is 16.2. The quantitative estimate of drug-likeness (QED) is 0.598. The number of nitrogens with zero attached hydrogens (tertiary/aromatic N) is 2. The Morgan fingerprint density at radius 3 is 2.72 bits per heavy atom. The van der Waals surface area contributed by atoms with Gasteiger partial charge in [-0.25, -0.2) is 0 Å². The van der Waals surface area contributed by atoms with Crippen LogP contribution in [0.5, 0.6) is 0 Å². The zero-order chi connectivity index (χ0) is 18.1. The first-order valence-corrected chi connectivity index (χ1v) is 9.97. The molecule has 1 heterocycles. The topological polar surface area (TPSA) is 68.0 Å². The lowest BCUT2D eigenvalue weighted by atomic mass is 9.99. The number of nitrogens with one attached hydrogen (secondary N) is 1. The molecule has 1 N–H and O–H groups in total. The third kappa shape index (κ3) is 6.71. The van der Waals surface area contributed by atoms with Gasteiger partial charge in [-0.3, -0.25) is 4.79 Å². The summed E-state index contributed by atoms with van der Waals surface area (Å²) in [5.74, 6) is 1.23. The molecule has 0 saturated heterocycles. The lowest BCUT2D eigenvalue weighted by Crippen LogP contribution is -2.30. The van der Waals surface area contributed by atoms with Crippen molar-refractivity contribution in [1.82, 2.24) is 15.5 Å². The summed E-state index contributed by atoms with van der Waals surface area (Å²) in [5.41, 5.74) is 0.801. The summed E-state index contributed by atoms with van der Waals surface area (Å²) in [4.78, 5) is 12.0. The van der Waals surface area contributed by atoms with Crippen LogP contribution in [0.3, 0.4) is 0 Å². The summed E-state index contributed by atoms with van der Waals surface area (Å²) in [6, 6.07) is 7.17. The number of benzene rings is 1. The highest BCUT2D eigenvalue weighted by molar-refractivity contribution is 7.99. The highest BCUT2D eigenvalue weighted by Crippen LogP contribution is 2.24. The Labute approximate surface area is 157 Å². The first-order chi connectivity index (χ1) is 12.1. The van der Waals surface area contributed by atoms with E-state index in [4.69, 9.17) is 16.0 Å². The molecule has 0 aliphatic carbocycles. The van der Waals surface area contributed by atoms with Crippen LogP contribution in [0.2, 0.25) is 5.02 Å². The number of thioether (sulfide) groups is 1. The van der Waals surface area contributed by atoms with Crippen molar-refractivity contribution in [1.29, 1.82) is 0 Å². The molecule has 2 rings (SSSR count). The second kappa shape index (κ2) is 10.5. The molecule has 0 fully saturated rings. The van der Waals surface area contributed by atoms with Gasteiger partial charge in [0.05, 0.1) is 5.75 Å². The molecule has 25 heavy (non-hydrogen) atoms. The fourth-order valence-corrected chi connectivity index (χ4v) is 3.08.